The first kappa shape index (κ1) is 23.3. The minimum Gasteiger partial charge on any atom is -0.345 e. The Balaban J connectivity index is 1.75. The lowest BCUT2D eigenvalue weighted by molar-refractivity contribution is -0.116. The summed E-state index contributed by atoms with van der Waals surface area (Å²) in [4.78, 5) is 36.8. The smallest absolute Gasteiger partial charge is 0.253 e. The quantitative estimate of drug-likeness (QED) is 0.429. The lowest BCUT2D eigenvalue weighted by atomic mass is 10.0. The number of halogens is 2. The third-order valence-corrected chi connectivity index (χ3v) is 5.22. The highest BCUT2D eigenvalue weighted by molar-refractivity contribution is 6.34. The number of hydrogen-bond acceptors (Lipinski definition) is 3. The number of benzene rings is 3. The number of carbonyl (C=O) groups is 3. The highest BCUT2D eigenvalue weighted by atomic mass is 35.5. The van der Waals surface area contributed by atoms with Crippen molar-refractivity contribution in [2.24, 2.45) is 0 Å². The van der Waals surface area contributed by atoms with Gasteiger partial charge in [-0.3, -0.25) is 14.4 Å². The van der Waals surface area contributed by atoms with Gasteiger partial charge in [-0.05, 0) is 35.9 Å². The second-order valence-corrected chi connectivity index (χ2v) is 7.86. The summed E-state index contributed by atoms with van der Waals surface area (Å²) in [5.74, 6) is -0.944. The standard InChI is InChI=1S/C24H21Cl2N3O3/c1-15(30)27-17-11-12-21(20(26)13-17)28-23(31)14-22(16-7-3-2-4-8-16)29-24(32)18-9-5-6-10-19(18)25/h2-13,22H,14H2,1H3,(H,27,30)(H,28,31)(H,29,32). The summed E-state index contributed by atoms with van der Waals surface area (Å²) < 4.78 is 0. The lowest BCUT2D eigenvalue weighted by Gasteiger charge is -2.20. The average Bonchev–Trinajstić information content (AvgIpc) is 2.75. The summed E-state index contributed by atoms with van der Waals surface area (Å²) in [7, 11) is 0. The van der Waals surface area contributed by atoms with Crippen LogP contribution in [0.3, 0.4) is 0 Å². The number of rotatable bonds is 7. The Kier molecular flexibility index (Phi) is 7.87. The normalized spacial score (nSPS) is 11.3. The van der Waals surface area contributed by atoms with Crippen LogP contribution >= 0.6 is 23.2 Å². The SMILES string of the molecule is CC(=O)Nc1ccc(NC(=O)CC(NC(=O)c2ccccc2Cl)c2ccccc2)c(Cl)c1. The van der Waals surface area contributed by atoms with E-state index in [1.165, 1.54) is 6.92 Å². The van der Waals surface area contributed by atoms with Gasteiger partial charge in [0.1, 0.15) is 0 Å². The Labute approximate surface area is 195 Å². The minimum absolute atomic E-state index is 0.0238. The van der Waals surface area contributed by atoms with Crippen molar-refractivity contribution in [3.05, 3.63) is 94.0 Å². The molecule has 0 radical (unpaired) electrons. The van der Waals surface area contributed by atoms with Crippen molar-refractivity contribution in [2.45, 2.75) is 19.4 Å². The van der Waals surface area contributed by atoms with Gasteiger partial charge in [-0.1, -0.05) is 65.7 Å². The molecule has 0 saturated carbocycles. The van der Waals surface area contributed by atoms with Crippen LogP contribution in [-0.4, -0.2) is 17.7 Å². The molecule has 164 valence electrons. The molecule has 3 rings (SSSR count). The number of nitrogens with one attached hydrogen (secondary N) is 3. The van der Waals surface area contributed by atoms with Gasteiger partial charge in [0.25, 0.3) is 5.91 Å². The molecule has 1 atom stereocenters. The topological polar surface area (TPSA) is 87.3 Å². The summed E-state index contributed by atoms with van der Waals surface area (Å²) in [5, 5.41) is 8.87. The van der Waals surface area contributed by atoms with E-state index in [-0.39, 0.29) is 29.2 Å². The molecule has 3 amide bonds. The van der Waals surface area contributed by atoms with Gasteiger partial charge in [-0.25, -0.2) is 0 Å². The van der Waals surface area contributed by atoms with Crippen LogP contribution in [0.25, 0.3) is 0 Å². The fraction of sp³-hybridized carbons (Fsp3) is 0.125. The third-order valence-electron chi connectivity index (χ3n) is 4.58. The van der Waals surface area contributed by atoms with Gasteiger partial charge in [0, 0.05) is 12.6 Å². The zero-order chi connectivity index (χ0) is 23.1. The maximum atomic E-state index is 12.8. The molecule has 0 bridgehead atoms. The van der Waals surface area contributed by atoms with E-state index in [9.17, 15) is 14.4 Å². The average molecular weight is 470 g/mol. The first-order chi connectivity index (χ1) is 15.3. The van der Waals surface area contributed by atoms with Crippen molar-refractivity contribution in [3.8, 4) is 0 Å². The van der Waals surface area contributed by atoms with Crippen molar-refractivity contribution in [1.29, 1.82) is 0 Å². The van der Waals surface area contributed by atoms with Crippen LogP contribution in [0.15, 0.2) is 72.8 Å². The van der Waals surface area contributed by atoms with Crippen LogP contribution in [-0.2, 0) is 9.59 Å². The Bertz CT molecular complexity index is 1140. The van der Waals surface area contributed by atoms with Gasteiger partial charge in [0.15, 0.2) is 0 Å². The number of hydrogen-bond donors (Lipinski definition) is 3. The van der Waals surface area contributed by atoms with E-state index < -0.39 is 6.04 Å². The summed E-state index contributed by atoms with van der Waals surface area (Å²) in [6, 6.07) is 20.1. The highest BCUT2D eigenvalue weighted by Crippen LogP contribution is 2.27. The zero-order valence-corrected chi connectivity index (χ0v) is 18.7. The highest BCUT2D eigenvalue weighted by Gasteiger charge is 2.21. The van der Waals surface area contributed by atoms with Crippen molar-refractivity contribution < 1.29 is 14.4 Å². The summed E-state index contributed by atoms with van der Waals surface area (Å²) in [6.07, 6.45) is -0.0238. The molecular weight excluding hydrogens is 449 g/mol. The fourth-order valence-corrected chi connectivity index (χ4v) is 3.55. The van der Waals surface area contributed by atoms with E-state index in [0.29, 0.717) is 22.0 Å². The molecule has 8 heteroatoms. The van der Waals surface area contributed by atoms with Crippen molar-refractivity contribution >= 4 is 52.3 Å². The van der Waals surface area contributed by atoms with Crippen LogP contribution in [0.2, 0.25) is 10.0 Å². The maximum Gasteiger partial charge on any atom is 0.253 e. The Morgan fingerprint density at radius 3 is 2.19 bits per heavy atom. The van der Waals surface area contributed by atoms with Gasteiger partial charge >= 0.3 is 0 Å². The van der Waals surface area contributed by atoms with Gasteiger partial charge in [-0.2, -0.15) is 0 Å². The Hall–Kier alpha value is -3.35. The molecule has 0 aliphatic rings. The molecule has 3 aromatic rings. The second kappa shape index (κ2) is 10.8. The van der Waals surface area contributed by atoms with Gasteiger partial charge in [0.2, 0.25) is 11.8 Å². The molecule has 0 spiro atoms. The maximum absolute atomic E-state index is 12.8. The fourth-order valence-electron chi connectivity index (χ4n) is 3.10. The largest absolute Gasteiger partial charge is 0.345 e. The molecule has 0 aliphatic carbocycles. The van der Waals surface area contributed by atoms with Crippen molar-refractivity contribution in [1.82, 2.24) is 5.32 Å². The Morgan fingerprint density at radius 2 is 1.53 bits per heavy atom. The predicted octanol–water partition coefficient (Wildman–Crippen LogP) is 5.45. The van der Waals surface area contributed by atoms with E-state index in [1.54, 1.807) is 42.5 Å². The van der Waals surface area contributed by atoms with E-state index >= 15 is 0 Å². The number of carbonyl (C=O) groups excluding carboxylic acids is 3. The third kappa shape index (κ3) is 6.33. The van der Waals surface area contributed by atoms with Gasteiger partial charge in [0.05, 0.1) is 33.8 Å². The summed E-state index contributed by atoms with van der Waals surface area (Å²) >= 11 is 12.4. The summed E-state index contributed by atoms with van der Waals surface area (Å²) in [5.41, 5.74) is 2.02. The van der Waals surface area contributed by atoms with E-state index in [4.69, 9.17) is 23.2 Å². The molecule has 0 aromatic heterocycles. The van der Waals surface area contributed by atoms with E-state index in [1.807, 2.05) is 30.3 Å². The number of amides is 3. The monoisotopic (exact) mass is 469 g/mol. The van der Waals surface area contributed by atoms with Gasteiger partial charge < -0.3 is 16.0 Å². The molecule has 0 fully saturated rings. The Morgan fingerprint density at radius 1 is 0.844 bits per heavy atom. The molecule has 3 aromatic carbocycles. The lowest BCUT2D eigenvalue weighted by Crippen LogP contribution is -2.31. The minimum atomic E-state index is -0.586. The van der Waals surface area contributed by atoms with Crippen LogP contribution in [0, 0.1) is 0 Å². The van der Waals surface area contributed by atoms with E-state index in [2.05, 4.69) is 16.0 Å². The first-order valence-electron chi connectivity index (χ1n) is 9.81. The summed E-state index contributed by atoms with van der Waals surface area (Å²) in [6.45, 7) is 1.39. The second-order valence-electron chi connectivity index (χ2n) is 7.04. The van der Waals surface area contributed by atoms with Crippen molar-refractivity contribution in [2.75, 3.05) is 10.6 Å². The van der Waals surface area contributed by atoms with Crippen LogP contribution in [0.4, 0.5) is 11.4 Å². The molecule has 32 heavy (non-hydrogen) atoms. The van der Waals surface area contributed by atoms with Crippen LogP contribution in [0.1, 0.15) is 35.3 Å². The van der Waals surface area contributed by atoms with E-state index in [0.717, 1.165) is 5.56 Å². The molecular formula is C24H21Cl2N3O3. The van der Waals surface area contributed by atoms with Crippen molar-refractivity contribution in [3.63, 3.8) is 0 Å². The van der Waals surface area contributed by atoms with Crippen LogP contribution in [0.5, 0.6) is 0 Å². The zero-order valence-electron chi connectivity index (χ0n) is 17.2. The van der Waals surface area contributed by atoms with Gasteiger partial charge in [-0.15, -0.1) is 0 Å². The number of anilines is 2. The molecule has 1 unspecified atom stereocenters. The molecule has 0 saturated heterocycles. The molecule has 0 aliphatic heterocycles. The van der Waals surface area contributed by atoms with Crippen LogP contribution < -0.4 is 16.0 Å². The predicted molar refractivity (Wildman–Crippen MR) is 127 cm³/mol. The first-order valence-corrected chi connectivity index (χ1v) is 10.6. The molecule has 0 heterocycles. The molecule has 6 nitrogen and oxygen atoms in total. The molecule has 3 N–H and O–H groups in total.